The summed E-state index contributed by atoms with van der Waals surface area (Å²) in [6.45, 7) is 2.22. The Morgan fingerprint density at radius 1 is 1.44 bits per heavy atom. The molecule has 1 heteroatoms. The smallest absolute Gasteiger partial charge is 0.0305 e. The highest BCUT2D eigenvalue weighted by Crippen LogP contribution is 2.02. The van der Waals surface area contributed by atoms with Crippen molar-refractivity contribution in [3.63, 3.8) is 0 Å². The van der Waals surface area contributed by atoms with Gasteiger partial charge in [-0.3, -0.25) is 0 Å². The zero-order valence-corrected chi connectivity index (χ0v) is 6.11. The Labute approximate surface area is 58.1 Å². The Bertz CT molecular complexity index is 288. The molecule has 0 saturated heterocycles. The molecule has 2 rings (SSSR count). The largest absolute Gasteiger partial charge is 0.144 e. The molecule has 0 nitrogen and oxygen atoms in total. The Kier molecular flexibility index (Phi) is 0.995. The van der Waals surface area contributed by atoms with Gasteiger partial charge in [-0.2, -0.15) is 0 Å². The van der Waals surface area contributed by atoms with Gasteiger partial charge in [-0.25, -0.2) is 0 Å². The van der Waals surface area contributed by atoms with E-state index in [4.69, 9.17) is 0 Å². The topological polar surface area (TPSA) is 0 Å². The van der Waals surface area contributed by atoms with Crippen LogP contribution in [-0.4, -0.2) is 0 Å². The summed E-state index contributed by atoms with van der Waals surface area (Å²) in [6.07, 6.45) is 4.60. The van der Waals surface area contributed by atoms with Crippen molar-refractivity contribution in [2.24, 2.45) is 5.92 Å². The van der Waals surface area contributed by atoms with E-state index in [9.17, 15) is 0 Å². The third-order valence-corrected chi connectivity index (χ3v) is 2.48. The third kappa shape index (κ3) is 0.724. The van der Waals surface area contributed by atoms with Crippen LogP contribution in [0.3, 0.4) is 0 Å². The van der Waals surface area contributed by atoms with Gasteiger partial charge in [0.1, 0.15) is 0 Å². The molecule has 0 N–H and O–H groups in total. The van der Waals surface area contributed by atoms with Crippen LogP contribution in [0.5, 0.6) is 0 Å². The molecule has 0 fully saturated rings. The molecule has 1 aliphatic carbocycles. The van der Waals surface area contributed by atoms with E-state index >= 15 is 0 Å². The van der Waals surface area contributed by atoms with Crippen LogP contribution >= 0.6 is 11.3 Å². The van der Waals surface area contributed by atoms with E-state index in [2.05, 4.69) is 30.5 Å². The molecule has 0 spiro atoms. The van der Waals surface area contributed by atoms with Gasteiger partial charge in [-0.15, -0.1) is 11.3 Å². The van der Waals surface area contributed by atoms with Crippen LogP contribution in [0.25, 0.3) is 12.2 Å². The summed E-state index contributed by atoms with van der Waals surface area (Å²) in [5.41, 5.74) is 0. The molecule has 1 aromatic heterocycles. The SMILES string of the molecule is CC1C=c2ccsc2=C1. The van der Waals surface area contributed by atoms with Gasteiger partial charge in [0.2, 0.25) is 0 Å². The molecule has 0 saturated carbocycles. The van der Waals surface area contributed by atoms with Gasteiger partial charge in [-0.1, -0.05) is 19.1 Å². The first-order valence-electron chi connectivity index (χ1n) is 3.13. The molecule has 1 heterocycles. The fraction of sp³-hybridized carbons (Fsp3) is 0.250. The monoisotopic (exact) mass is 136 g/mol. The van der Waals surface area contributed by atoms with Crippen molar-refractivity contribution < 1.29 is 0 Å². The van der Waals surface area contributed by atoms with Crippen LogP contribution < -0.4 is 9.75 Å². The third-order valence-electron chi connectivity index (χ3n) is 1.58. The van der Waals surface area contributed by atoms with Crippen molar-refractivity contribution in [1.82, 2.24) is 0 Å². The molecule has 46 valence electrons. The van der Waals surface area contributed by atoms with Crippen LogP contribution in [0.2, 0.25) is 0 Å². The summed E-state index contributed by atoms with van der Waals surface area (Å²) in [5.74, 6) is 0.660. The molecule has 1 aromatic rings. The van der Waals surface area contributed by atoms with Gasteiger partial charge in [0.25, 0.3) is 0 Å². The quantitative estimate of drug-likeness (QED) is 0.498. The molecule has 0 amide bonds. The van der Waals surface area contributed by atoms with Crippen molar-refractivity contribution in [3.8, 4) is 0 Å². The maximum Gasteiger partial charge on any atom is 0.0305 e. The zero-order chi connectivity index (χ0) is 6.27. The summed E-state index contributed by atoms with van der Waals surface area (Å²) >= 11 is 1.83. The Morgan fingerprint density at radius 2 is 2.33 bits per heavy atom. The highest BCUT2D eigenvalue weighted by molar-refractivity contribution is 7.07. The number of fused-ring (bicyclic) bond motifs is 1. The predicted octanol–water partition coefficient (Wildman–Crippen LogP) is 0.959. The van der Waals surface area contributed by atoms with Crippen LogP contribution in [0.15, 0.2) is 11.4 Å². The minimum atomic E-state index is 0.660. The lowest BCUT2D eigenvalue weighted by molar-refractivity contribution is 1.08. The normalized spacial score (nSPS) is 22.6. The van der Waals surface area contributed by atoms with Crippen molar-refractivity contribution in [3.05, 3.63) is 21.2 Å². The maximum atomic E-state index is 2.31. The van der Waals surface area contributed by atoms with Crippen molar-refractivity contribution in [1.29, 1.82) is 0 Å². The molecule has 1 unspecified atom stereocenters. The maximum absolute atomic E-state index is 2.31. The van der Waals surface area contributed by atoms with Gasteiger partial charge >= 0.3 is 0 Å². The molecule has 0 aromatic carbocycles. The van der Waals surface area contributed by atoms with E-state index in [1.807, 2.05) is 11.3 Å². The van der Waals surface area contributed by atoms with E-state index in [1.54, 1.807) is 0 Å². The van der Waals surface area contributed by atoms with Gasteiger partial charge < -0.3 is 0 Å². The van der Waals surface area contributed by atoms with Gasteiger partial charge in [0.15, 0.2) is 0 Å². The lowest BCUT2D eigenvalue weighted by Gasteiger charge is -1.85. The van der Waals surface area contributed by atoms with Crippen LogP contribution in [0, 0.1) is 5.92 Å². The van der Waals surface area contributed by atoms with Crippen molar-refractivity contribution in [2.75, 3.05) is 0 Å². The molecule has 1 atom stereocenters. The fourth-order valence-corrected chi connectivity index (χ4v) is 2.10. The minimum Gasteiger partial charge on any atom is -0.144 e. The lowest BCUT2D eigenvalue weighted by Crippen LogP contribution is -2.11. The molecule has 0 bridgehead atoms. The standard InChI is InChI=1S/C8H8S/c1-6-4-7-2-3-9-8(7)5-6/h2-6H,1H3. The summed E-state index contributed by atoms with van der Waals surface area (Å²) in [5, 5.41) is 3.57. The van der Waals surface area contributed by atoms with E-state index in [-0.39, 0.29) is 0 Å². The average Bonchev–Trinajstić information content (AvgIpc) is 2.22. The first kappa shape index (κ1) is 5.24. The van der Waals surface area contributed by atoms with Gasteiger partial charge in [-0.05, 0) is 22.6 Å². The van der Waals surface area contributed by atoms with Crippen molar-refractivity contribution >= 4 is 23.5 Å². The van der Waals surface area contributed by atoms with Gasteiger partial charge in [0, 0.05) is 4.53 Å². The summed E-state index contributed by atoms with van der Waals surface area (Å²) in [7, 11) is 0. The Hall–Kier alpha value is -0.560. The second-order valence-corrected chi connectivity index (χ2v) is 3.38. The average molecular weight is 136 g/mol. The molecular weight excluding hydrogens is 128 g/mol. The number of rotatable bonds is 0. The first-order valence-corrected chi connectivity index (χ1v) is 4.01. The molecule has 0 radical (unpaired) electrons. The molecule has 0 aliphatic heterocycles. The van der Waals surface area contributed by atoms with E-state index in [0.29, 0.717) is 5.92 Å². The van der Waals surface area contributed by atoms with Crippen LogP contribution in [-0.2, 0) is 0 Å². The molecule has 9 heavy (non-hydrogen) atoms. The van der Waals surface area contributed by atoms with E-state index in [1.165, 1.54) is 9.75 Å². The van der Waals surface area contributed by atoms with Crippen LogP contribution in [0.1, 0.15) is 6.92 Å². The summed E-state index contributed by atoms with van der Waals surface area (Å²) in [4.78, 5) is 0. The molecule has 1 aliphatic rings. The van der Waals surface area contributed by atoms with Crippen molar-refractivity contribution in [2.45, 2.75) is 6.92 Å². The predicted molar refractivity (Wildman–Crippen MR) is 41.7 cm³/mol. The zero-order valence-electron chi connectivity index (χ0n) is 5.29. The van der Waals surface area contributed by atoms with Gasteiger partial charge in [0.05, 0.1) is 0 Å². The second-order valence-electron chi connectivity index (χ2n) is 2.43. The highest BCUT2D eigenvalue weighted by atomic mass is 32.1. The number of thiophene rings is 1. The number of hydrogen-bond acceptors (Lipinski definition) is 1. The van der Waals surface area contributed by atoms with E-state index < -0.39 is 0 Å². The highest BCUT2D eigenvalue weighted by Gasteiger charge is 1.99. The van der Waals surface area contributed by atoms with E-state index in [0.717, 1.165) is 0 Å². The summed E-state index contributed by atoms with van der Waals surface area (Å²) < 4.78 is 1.45. The molecular formula is C8H8S. The summed E-state index contributed by atoms with van der Waals surface area (Å²) in [6, 6.07) is 2.18. The number of hydrogen-bond donors (Lipinski definition) is 0. The lowest BCUT2D eigenvalue weighted by atomic mass is 10.2. The Morgan fingerprint density at radius 3 is 3.11 bits per heavy atom. The Balaban J connectivity index is 2.85. The minimum absolute atomic E-state index is 0.660. The first-order chi connectivity index (χ1) is 4.36. The van der Waals surface area contributed by atoms with Crippen LogP contribution in [0.4, 0.5) is 0 Å². The second kappa shape index (κ2) is 1.71. The fourth-order valence-electron chi connectivity index (χ4n) is 1.17.